The molecule has 32 heavy (non-hydrogen) atoms. The fourth-order valence-electron chi connectivity index (χ4n) is 3.73. The molecule has 0 saturated carbocycles. The van der Waals surface area contributed by atoms with Gasteiger partial charge in [0, 0.05) is 29.6 Å². The van der Waals surface area contributed by atoms with E-state index in [9.17, 15) is 13.2 Å². The first kappa shape index (κ1) is 22.9. The van der Waals surface area contributed by atoms with Gasteiger partial charge < -0.3 is 0 Å². The maximum atomic E-state index is 12.9. The van der Waals surface area contributed by atoms with Crippen LogP contribution >= 0.6 is 22.9 Å². The number of hydrogen-bond acceptors (Lipinski definition) is 5. The van der Waals surface area contributed by atoms with Crippen molar-refractivity contribution in [3.8, 4) is 11.3 Å². The van der Waals surface area contributed by atoms with Crippen molar-refractivity contribution in [1.29, 1.82) is 0 Å². The van der Waals surface area contributed by atoms with E-state index in [2.05, 4.69) is 16.4 Å². The van der Waals surface area contributed by atoms with Gasteiger partial charge in [-0.05, 0) is 56.5 Å². The summed E-state index contributed by atoms with van der Waals surface area (Å²) in [5, 5.41) is 5.19. The number of halogens is 1. The molecule has 0 bridgehead atoms. The van der Waals surface area contributed by atoms with Crippen molar-refractivity contribution in [3.63, 3.8) is 0 Å². The molecule has 1 fully saturated rings. The second-order valence-corrected chi connectivity index (χ2v) is 11.1. The zero-order chi connectivity index (χ0) is 22.9. The molecule has 1 amide bonds. The molecule has 0 unspecified atom stereocenters. The molecule has 2 heterocycles. The normalized spacial score (nSPS) is 15.0. The first-order valence-electron chi connectivity index (χ1n) is 10.4. The fraction of sp³-hybridized carbons (Fsp3) is 0.304. The van der Waals surface area contributed by atoms with Crippen LogP contribution in [0, 0.1) is 13.8 Å². The van der Waals surface area contributed by atoms with Gasteiger partial charge in [-0.3, -0.25) is 10.1 Å². The second-order valence-electron chi connectivity index (χ2n) is 7.92. The molecule has 168 valence electrons. The first-order valence-corrected chi connectivity index (χ1v) is 13.1. The van der Waals surface area contributed by atoms with Crippen molar-refractivity contribution in [1.82, 2.24) is 9.29 Å². The lowest BCUT2D eigenvalue weighted by Gasteiger charge is -2.26. The molecule has 3 aromatic rings. The van der Waals surface area contributed by atoms with Gasteiger partial charge in [-0.15, -0.1) is 11.3 Å². The van der Waals surface area contributed by atoms with Crippen molar-refractivity contribution < 1.29 is 13.2 Å². The average Bonchev–Trinajstić information content (AvgIpc) is 3.24. The van der Waals surface area contributed by atoms with Gasteiger partial charge in [-0.1, -0.05) is 35.7 Å². The van der Waals surface area contributed by atoms with E-state index in [-0.39, 0.29) is 15.5 Å². The van der Waals surface area contributed by atoms with E-state index in [1.807, 2.05) is 31.4 Å². The van der Waals surface area contributed by atoms with Crippen molar-refractivity contribution in [2.24, 2.45) is 0 Å². The summed E-state index contributed by atoms with van der Waals surface area (Å²) in [6.45, 7) is 5.03. The lowest BCUT2D eigenvalue weighted by atomic mass is 10.0. The Morgan fingerprint density at radius 3 is 2.56 bits per heavy atom. The largest absolute Gasteiger partial charge is 0.298 e. The molecule has 9 heteroatoms. The Bertz CT molecular complexity index is 1270. The fourth-order valence-corrected chi connectivity index (χ4v) is 6.47. The molecule has 0 spiro atoms. The van der Waals surface area contributed by atoms with E-state index in [1.165, 1.54) is 33.8 Å². The third kappa shape index (κ3) is 4.73. The van der Waals surface area contributed by atoms with Gasteiger partial charge >= 0.3 is 0 Å². The number of thiazole rings is 1. The Morgan fingerprint density at radius 2 is 1.84 bits per heavy atom. The number of aryl methyl sites for hydroxylation is 2. The number of rotatable bonds is 5. The number of nitrogens with one attached hydrogen (secondary N) is 1. The van der Waals surface area contributed by atoms with Gasteiger partial charge in [0.15, 0.2) is 5.13 Å². The van der Waals surface area contributed by atoms with Crippen LogP contribution < -0.4 is 5.32 Å². The summed E-state index contributed by atoms with van der Waals surface area (Å²) in [6.07, 6.45) is 2.71. The molecular formula is C23H24ClN3O3S2. The second kappa shape index (κ2) is 9.31. The van der Waals surface area contributed by atoms with Gasteiger partial charge in [0.1, 0.15) is 4.90 Å². The van der Waals surface area contributed by atoms with Crippen LogP contribution in [0.2, 0.25) is 5.02 Å². The predicted molar refractivity (Wildman–Crippen MR) is 129 cm³/mol. The van der Waals surface area contributed by atoms with E-state index in [0.29, 0.717) is 18.2 Å². The molecule has 1 N–H and O–H groups in total. The maximum Gasteiger partial charge on any atom is 0.257 e. The number of nitrogens with zero attached hydrogens (tertiary/aromatic N) is 2. The van der Waals surface area contributed by atoms with Gasteiger partial charge in [-0.2, -0.15) is 4.31 Å². The third-order valence-electron chi connectivity index (χ3n) is 5.52. The minimum Gasteiger partial charge on any atom is -0.298 e. The molecule has 6 nitrogen and oxygen atoms in total. The molecule has 0 aliphatic carbocycles. The Hall–Kier alpha value is -2.26. The molecule has 0 radical (unpaired) electrons. The zero-order valence-corrected chi connectivity index (χ0v) is 20.3. The number of carbonyl (C=O) groups is 1. The first-order chi connectivity index (χ1) is 15.3. The summed E-state index contributed by atoms with van der Waals surface area (Å²) in [5.74, 6) is -0.393. The number of hydrogen-bond donors (Lipinski definition) is 1. The zero-order valence-electron chi connectivity index (χ0n) is 17.9. The number of aromatic nitrogens is 1. The summed E-state index contributed by atoms with van der Waals surface area (Å²) >= 11 is 7.63. The predicted octanol–water partition coefficient (Wildman–Crippen LogP) is 5.51. The number of anilines is 1. The van der Waals surface area contributed by atoms with Gasteiger partial charge in [-0.25, -0.2) is 13.4 Å². The molecular weight excluding hydrogens is 466 g/mol. The van der Waals surface area contributed by atoms with Crippen LogP contribution in [0.5, 0.6) is 0 Å². The Balaban J connectivity index is 1.52. The third-order valence-corrected chi connectivity index (χ3v) is 8.66. The minimum atomic E-state index is -3.67. The van der Waals surface area contributed by atoms with Crippen LogP contribution in [0.3, 0.4) is 0 Å². The van der Waals surface area contributed by atoms with Crippen LogP contribution in [0.4, 0.5) is 5.13 Å². The van der Waals surface area contributed by atoms with Crippen LogP contribution in [-0.4, -0.2) is 36.7 Å². The summed E-state index contributed by atoms with van der Waals surface area (Å²) in [5.41, 5.74) is 4.34. The van der Waals surface area contributed by atoms with Crippen LogP contribution in [0.1, 0.15) is 40.7 Å². The number of carbonyl (C=O) groups excluding carboxylic acids is 1. The number of sulfonamides is 1. The van der Waals surface area contributed by atoms with Gasteiger partial charge in [0.25, 0.3) is 5.91 Å². The maximum absolute atomic E-state index is 12.9. The molecule has 0 atom stereocenters. The smallest absolute Gasteiger partial charge is 0.257 e. The monoisotopic (exact) mass is 489 g/mol. The molecule has 1 aromatic heterocycles. The van der Waals surface area contributed by atoms with E-state index in [4.69, 9.17) is 11.6 Å². The summed E-state index contributed by atoms with van der Waals surface area (Å²) in [7, 11) is -3.67. The molecule has 1 saturated heterocycles. The van der Waals surface area contributed by atoms with E-state index in [0.717, 1.165) is 41.6 Å². The van der Waals surface area contributed by atoms with E-state index in [1.54, 1.807) is 0 Å². The summed E-state index contributed by atoms with van der Waals surface area (Å²) in [4.78, 5) is 17.3. The van der Waals surface area contributed by atoms with Crippen LogP contribution in [-0.2, 0) is 10.0 Å². The Kier molecular flexibility index (Phi) is 6.67. The van der Waals surface area contributed by atoms with Crippen molar-refractivity contribution >= 4 is 44.0 Å². The topological polar surface area (TPSA) is 79.4 Å². The molecule has 2 aromatic carbocycles. The quantitative estimate of drug-likeness (QED) is 0.512. The Morgan fingerprint density at radius 1 is 1.09 bits per heavy atom. The van der Waals surface area contributed by atoms with E-state index < -0.39 is 15.9 Å². The SMILES string of the molecule is Cc1ccc(C)c(-c2csc(NC(=O)c3ccc(S(=O)(=O)N4CCCCC4)c(Cl)c3)n2)c1. The minimum absolute atomic E-state index is 0.0316. The standard InChI is InChI=1S/C23H24ClN3O3S2/c1-15-6-7-16(2)18(12-15)20-14-31-23(25-20)26-22(28)17-8-9-21(19(24)13-17)32(29,30)27-10-4-3-5-11-27/h6-9,12-14H,3-5,10-11H2,1-2H3,(H,25,26,28). The van der Waals surface area contributed by atoms with Gasteiger partial charge in [0.05, 0.1) is 10.7 Å². The highest BCUT2D eigenvalue weighted by Gasteiger charge is 2.28. The number of piperidine rings is 1. The number of amides is 1. The Labute approximate surface area is 197 Å². The van der Waals surface area contributed by atoms with Crippen molar-refractivity contribution in [3.05, 3.63) is 63.5 Å². The molecule has 1 aliphatic rings. The summed E-state index contributed by atoms with van der Waals surface area (Å²) in [6, 6.07) is 10.4. The van der Waals surface area contributed by atoms with Crippen molar-refractivity contribution in [2.45, 2.75) is 38.0 Å². The highest BCUT2D eigenvalue weighted by atomic mass is 35.5. The molecule has 1 aliphatic heterocycles. The molecule has 4 rings (SSSR count). The van der Waals surface area contributed by atoms with E-state index >= 15 is 0 Å². The average molecular weight is 490 g/mol. The van der Waals surface area contributed by atoms with Crippen LogP contribution in [0.15, 0.2) is 46.7 Å². The highest BCUT2D eigenvalue weighted by Crippen LogP contribution is 2.30. The van der Waals surface area contributed by atoms with Crippen LogP contribution in [0.25, 0.3) is 11.3 Å². The highest BCUT2D eigenvalue weighted by molar-refractivity contribution is 7.89. The number of benzene rings is 2. The summed E-state index contributed by atoms with van der Waals surface area (Å²) < 4.78 is 27.3. The lowest BCUT2D eigenvalue weighted by Crippen LogP contribution is -2.35. The van der Waals surface area contributed by atoms with Crippen molar-refractivity contribution in [2.75, 3.05) is 18.4 Å². The van der Waals surface area contributed by atoms with Gasteiger partial charge in [0.2, 0.25) is 10.0 Å². The lowest BCUT2D eigenvalue weighted by molar-refractivity contribution is 0.102.